The first kappa shape index (κ1) is 22.0. The molecule has 1 aromatic carbocycles. The molecule has 4 aromatic rings. The van der Waals surface area contributed by atoms with E-state index in [1.807, 2.05) is 17.5 Å². The first-order valence-electron chi connectivity index (χ1n) is 9.17. The second kappa shape index (κ2) is 9.13. The molecule has 3 heterocycles. The molecule has 0 bridgehead atoms. The molecule has 0 radical (unpaired) electrons. The number of rotatable bonds is 7. The quantitative estimate of drug-likeness (QED) is 0.327. The Balaban J connectivity index is 1.69. The van der Waals surface area contributed by atoms with Crippen LogP contribution < -0.4 is 14.2 Å². The topological polar surface area (TPSA) is 66.4 Å². The van der Waals surface area contributed by atoms with Gasteiger partial charge in [-0.05, 0) is 29.1 Å². The Hall–Kier alpha value is -3.18. The van der Waals surface area contributed by atoms with Crippen LogP contribution in [-0.4, -0.2) is 29.2 Å². The van der Waals surface area contributed by atoms with Crippen molar-refractivity contribution in [2.75, 3.05) is 14.2 Å². The van der Waals surface area contributed by atoms with Gasteiger partial charge in [-0.2, -0.15) is 18.2 Å². The normalized spacial score (nSPS) is 11.4. The Morgan fingerprint density at radius 3 is 2.38 bits per heavy atom. The third kappa shape index (κ3) is 4.83. The van der Waals surface area contributed by atoms with Crippen LogP contribution in [-0.2, 0) is 12.8 Å². The van der Waals surface area contributed by atoms with E-state index in [4.69, 9.17) is 14.2 Å². The number of thiophene rings is 1. The Morgan fingerprint density at radius 1 is 0.938 bits per heavy atom. The fourth-order valence-corrected chi connectivity index (χ4v) is 4.32. The molecule has 0 fully saturated rings. The third-order valence-electron chi connectivity index (χ3n) is 4.32. The van der Waals surface area contributed by atoms with Gasteiger partial charge in [-0.3, -0.25) is 0 Å². The Kier molecular flexibility index (Phi) is 6.28. The van der Waals surface area contributed by atoms with E-state index in [0.29, 0.717) is 16.3 Å². The van der Waals surface area contributed by atoms with Gasteiger partial charge in [0.1, 0.15) is 18.1 Å². The van der Waals surface area contributed by atoms with E-state index in [-0.39, 0.29) is 23.3 Å². The molecule has 0 unspecified atom stereocenters. The minimum absolute atomic E-state index is 0.0446. The number of halogens is 3. The summed E-state index contributed by atoms with van der Waals surface area (Å²) >= 11 is 2.21. The van der Waals surface area contributed by atoms with Crippen molar-refractivity contribution in [2.45, 2.75) is 12.8 Å². The Labute approximate surface area is 189 Å². The SMILES string of the molecule is COc1ccc(COc2cc(-c3sccc3OC)nc(-c3nc(C(F)(F)F)cs3)n2)cc1. The van der Waals surface area contributed by atoms with Crippen LogP contribution in [0.4, 0.5) is 13.2 Å². The van der Waals surface area contributed by atoms with Crippen LogP contribution in [0.25, 0.3) is 21.4 Å². The third-order valence-corrected chi connectivity index (χ3v) is 6.07. The minimum Gasteiger partial charge on any atom is -0.497 e. The fraction of sp³-hybridized carbons (Fsp3) is 0.190. The van der Waals surface area contributed by atoms with Crippen molar-refractivity contribution < 1.29 is 27.4 Å². The number of methoxy groups -OCH3 is 2. The van der Waals surface area contributed by atoms with Crippen molar-refractivity contribution in [3.8, 4) is 38.8 Å². The summed E-state index contributed by atoms with van der Waals surface area (Å²) in [5.41, 5.74) is 0.353. The maximum atomic E-state index is 13.0. The first-order chi connectivity index (χ1) is 15.4. The van der Waals surface area contributed by atoms with Gasteiger partial charge in [0.25, 0.3) is 0 Å². The number of benzene rings is 1. The van der Waals surface area contributed by atoms with Crippen molar-refractivity contribution in [1.82, 2.24) is 15.0 Å². The summed E-state index contributed by atoms with van der Waals surface area (Å²) in [4.78, 5) is 13.1. The summed E-state index contributed by atoms with van der Waals surface area (Å²) in [7, 11) is 3.11. The second-order valence-corrected chi connectivity index (χ2v) is 8.18. The number of ether oxygens (including phenoxy) is 3. The van der Waals surface area contributed by atoms with Crippen LogP contribution in [0.1, 0.15) is 11.3 Å². The maximum absolute atomic E-state index is 13.0. The van der Waals surface area contributed by atoms with Gasteiger partial charge < -0.3 is 14.2 Å². The molecule has 0 saturated carbocycles. The van der Waals surface area contributed by atoms with Gasteiger partial charge in [0.15, 0.2) is 16.5 Å². The smallest absolute Gasteiger partial charge is 0.434 e. The number of hydrogen-bond acceptors (Lipinski definition) is 8. The van der Waals surface area contributed by atoms with Crippen LogP contribution in [0.5, 0.6) is 17.4 Å². The molecule has 3 aromatic heterocycles. The maximum Gasteiger partial charge on any atom is 0.434 e. The van der Waals surface area contributed by atoms with Gasteiger partial charge in [-0.1, -0.05) is 12.1 Å². The lowest BCUT2D eigenvalue weighted by molar-refractivity contribution is -0.140. The zero-order chi connectivity index (χ0) is 22.7. The molecule has 0 atom stereocenters. The van der Waals surface area contributed by atoms with Crippen LogP contribution in [0.2, 0.25) is 0 Å². The van der Waals surface area contributed by atoms with E-state index in [1.54, 1.807) is 31.4 Å². The van der Waals surface area contributed by atoms with Crippen molar-refractivity contribution in [2.24, 2.45) is 0 Å². The summed E-state index contributed by atoms with van der Waals surface area (Å²) in [6.45, 7) is 0.202. The molecular formula is C21H16F3N3O3S2. The molecule has 32 heavy (non-hydrogen) atoms. The van der Waals surface area contributed by atoms with E-state index in [2.05, 4.69) is 15.0 Å². The van der Waals surface area contributed by atoms with Crippen LogP contribution in [0.15, 0.2) is 47.2 Å². The molecule has 0 aliphatic carbocycles. The highest BCUT2D eigenvalue weighted by Gasteiger charge is 2.34. The van der Waals surface area contributed by atoms with Crippen molar-refractivity contribution in [3.63, 3.8) is 0 Å². The fourth-order valence-electron chi connectivity index (χ4n) is 2.74. The number of aromatic nitrogens is 3. The van der Waals surface area contributed by atoms with Crippen LogP contribution in [0, 0.1) is 0 Å². The number of nitrogens with zero attached hydrogens (tertiary/aromatic N) is 3. The average molecular weight is 480 g/mol. The lowest BCUT2D eigenvalue weighted by Crippen LogP contribution is -2.05. The zero-order valence-corrected chi connectivity index (χ0v) is 18.5. The highest BCUT2D eigenvalue weighted by Crippen LogP contribution is 2.38. The van der Waals surface area contributed by atoms with Crippen molar-refractivity contribution in [3.05, 3.63) is 58.4 Å². The van der Waals surface area contributed by atoms with Crippen LogP contribution in [0.3, 0.4) is 0 Å². The molecule has 0 aliphatic heterocycles. The van der Waals surface area contributed by atoms with Gasteiger partial charge in [0.2, 0.25) is 5.88 Å². The molecule has 166 valence electrons. The molecule has 11 heteroatoms. The second-order valence-electron chi connectivity index (χ2n) is 6.41. The molecule has 0 aliphatic rings. The highest BCUT2D eigenvalue weighted by molar-refractivity contribution is 7.14. The number of hydrogen-bond donors (Lipinski definition) is 0. The predicted octanol–water partition coefficient (Wildman–Crippen LogP) is 5.94. The molecule has 6 nitrogen and oxygen atoms in total. The Morgan fingerprint density at radius 2 is 1.72 bits per heavy atom. The van der Waals surface area contributed by atoms with Crippen molar-refractivity contribution in [1.29, 1.82) is 0 Å². The van der Waals surface area contributed by atoms with Gasteiger partial charge in [-0.15, -0.1) is 22.7 Å². The summed E-state index contributed by atoms with van der Waals surface area (Å²) in [6, 6.07) is 10.7. The van der Waals surface area contributed by atoms with Gasteiger partial charge in [-0.25, -0.2) is 9.97 Å². The molecule has 4 rings (SSSR count). The summed E-state index contributed by atoms with van der Waals surface area (Å²) in [5, 5.41) is 2.82. The molecule has 0 spiro atoms. The summed E-state index contributed by atoms with van der Waals surface area (Å²) in [6.07, 6.45) is -4.54. The monoisotopic (exact) mass is 479 g/mol. The summed E-state index contributed by atoms with van der Waals surface area (Å²) in [5.74, 6) is 1.56. The molecular weight excluding hydrogens is 463 g/mol. The lowest BCUT2D eigenvalue weighted by atomic mass is 10.2. The molecule has 0 saturated heterocycles. The number of alkyl halides is 3. The van der Waals surface area contributed by atoms with E-state index in [1.165, 1.54) is 18.4 Å². The predicted molar refractivity (Wildman–Crippen MR) is 115 cm³/mol. The van der Waals surface area contributed by atoms with Gasteiger partial charge in [0, 0.05) is 11.4 Å². The lowest BCUT2D eigenvalue weighted by Gasteiger charge is -2.10. The van der Waals surface area contributed by atoms with Gasteiger partial charge >= 0.3 is 6.18 Å². The van der Waals surface area contributed by atoms with Gasteiger partial charge in [0.05, 0.1) is 24.8 Å². The number of thiazole rings is 1. The highest BCUT2D eigenvalue weighted by atomic mass is 32.1. The Bertz CT molecular complexity index is 1210. The summed E-state index contributed by atoms with van der Waals surface area (Å²) < 4.78 is 55.4. The van der Waals surface area contributed by atoms with Crippen molar-refractivity contribution >= 4 is 22.7 Å². The first-order valence-corrected chi connectivity index (χ1v) is 10.9. The molecule has 0 amide bonds. The molecule has 0 N–H and O–H groups in total. The largest absolute Gasteiger partial charge is 0.497 e. The minimum atomic E-state index is -4.54. The average Bonchev–Trinajstić information content (AvgIpc) is 3.47. The standard InChI is InChI=1S/C21H16F3N3O3S2/c1-28-13-5-3-12(4-6-13)10-30-17-9-14(18-15(29-2)7-8-31-18)25-19(27-17)20-26-16(11-32-20)21(22,23)24/h3-9,11H,10H2,1-2H3. The van der Waals surface area contributed by atoms with E-state index in [0.717, 1.165) is 28.0 Å². The van der Waals surface area contributed by atoms with E-state index in [9.17, 15) is 13.2 Å². The zero-order valence-electron chi connectivity index (χ0n) is 16.8. The van der Waals surface area contributed by atoms with E-state index >= 15 is 0 Å². The van der Waals surface area contributed by atoms with E-state index < -0.39 is 11.9 Å². The van der Waals surface area contributed by atoms with Crippen LogP contribution >= 0.6 is 22.7 Å².